The predicted octanol–water partition coefficient (Wildman–Crippen LogP) is 4.76. The van der Waals surface area contributed by atoms with Crippen molar-refractivity contribution in [2.45, 2.75) is 37.1 Å². The van der Waals surface area contributed by atoms with Gasteiger partial charge in [-0.1, -0.05) is 25.1 Å². The third-order valence-electron chi connectivity index (χ3n) is 4.28. The fourth-order valence-electron chi connectivity index (χ4n) is 2.86. The normalized spacial score (nSPS) is 10.9. The Balaban J connectivity index is 1.84. The number of aryl methyl sites for hydroxylation is 1. The fraction of sp³-hybridized carbons (Fsp3) is 0.381. The van der Waals surface area contributed by atoms with Gasteiger partial charge in [0.25, 0.3) is 0 Å². The lowest BCUT2D eigenvalue weighted by Gasteiger charge is -2.11. The molecule has 0 amide bonds. The van der Waals surface area contributed by atoms with Gasteiger partial charge in [0.05, 0.1) is 26.1 Å². The molecular formula is C21H26FN5O2S2. The van der Waals surface area contributed by atoms with Crippen LogP contribution in [0, 0.1) is 0 Å². The summed E-state index contributed by atoms with van der Waals surface area (Å²) < 4.78 is 23.5. The molecule has 10 heteroatoms. The van der Waals surface area contributed by atoms with E-state index in [1.807, 2.05) is 18.2 Å². The smallest absolute Gasteiger partial charge is 0.191 e. The first-order chi connectivity index (χ1) is 15.0. The molecule has 0 bridgehead atoms. The molecule has 166 valence electrons. The van der Waals surface area contributed by atoms with E-state index < -0.39 is 6.67 Å². The topological polar surface area (TPSA) is 109 Å². The maximum atomic E-state index is 12.4. The van der Waals surface area contributed by atoms with Crippen molar-refractivity contribution in [3.05, 3.63) is 34.8 Å². The number of hydrogen-bond acceptors (Lipinski definition) is 9. The van der Waals surface area contributed by atoms with E-state index in [-0.39, 0.29) is 0 Å². The van der Waals surface area contributed by atoms with Crippen LogP contribution < -0.4 is 20.9 Å². The molecule has 0 unspecified atom stereocenters. The summed E-state index contributed by atoms with van der Waals surface area (Å²) >= 11 is 3.11. The molecule has 3 rings (SSSR count). The zero-order valence-corrected chi connectivity index (χ0v) is 19.2. The molecule has 0 saturated carbocycles. The summed E-state index contributed by atoms with van der Waals surface area (Å²) in [6, 6.07) is 7.22. The first kappa shape index (κ1) is 23.1. The third kappa shape index (κ3) is 6.20. The lowest BCUT2D eigenvalue weighted by atomic mass is 10.2. The largest absolute Gasteiger partial charge is 0.493 e. The minimum Gasteiger partial charge on any atom is -0.493 e. The van der Waals surface area contributed by atoms with Crippen molar-refractivity contribution < 1.29 is 13.9 Å². The minimum atomic E-state index is -0.418. The van der Waals surface area contributed by atoms with Crippen molar-refractivity contribution >= 4 is 34.7 Å². The van der Waals surface area contributed by atoms with Crippen molar-refractivity contribution in [1.29, 1.82) is 0 Å². The Morgan fingerprint density at radius 1 is 1.10 bits per heavy atom. The highest BCUT2D eigenvalue weighted by atomic mass is 32.2. The van der Waals surface area contributed by atoms with Crippen LogP contribution in [0.4, 0.5) is 16.0 Å². The van der Waals surface area contributed by atoms with Gasteiger partial charge in [-0.15, -0.1) is 11.3 Å². The zero-order valence-electron chi connectivity index (χ0n) is 17.6. The summed E-state index contributed by atoms with van der Waals surface area (Å²) in [4.78, 5) is 14.5. The Morgan fingerprint density at radius 2 is 1.87 bits per heavy atom. The summed E-state index contributed by atoms with van der Waals surface area (Å²) in [6.07, 6.45) is 2.29. The molecule has 31 heavy (non-hydrogen) atoms. The molecule has 3 aromatic rings. The standard InChI is InChI=1S/C21H26FN5O2S2/c1-3-5-17-14(12-30-21-26-18(23)11-19(24)27-21)25-20(31-17)13-6-7-15(28-2)16(10-13)29-9-4-8-22/h6-7,10-11H,3-5,8-9,12H2,1-2H3,(H4,23,24,26,27). The monoisotopic (exact) mass is 463 g/mol. The van der Waals surface area contributed by atoms with Crippen molar-refractivity contribution in [2.75, 3.05) is 31.9 Å². The molecule has 2 aromatic heterocycles. The van der Waals surface area contributed by atoms with Gasteiger partial charge < -0.3 is 20.9 Å². The highest BCUT2D eigenvalue weighted by molar-refractivity contribution is 7.98. The number of nitrogen functional groups attached to an aromatic ring is 2. The van der Waals surface area contributed by atoms with Crippen LogP contribution in [0.3, 0.4) is 0 Å². The van der Waals surface area contributed by atoms with Crippen molar-refractivity contribution in [2.24, 2.45) is 0 Å². The number of ether oxygens (including phenoxy) is 2. The molecule has 0 fully saturated rings. The number of anilines is 2. The molecule has 0 saturated heterocycles. The van der Waals surface area contributed by atoms with Gasteiger partial charge in [-0.3, -0.25) is 4.39 Å². The molecule has 2 heterocycles. The van der Waals surface area contributed by atoms with Gasteiger partial charge in [-0.25, -0.2) is 15.0 Å². The number of thioether (sulfide) groups is 1. The van der Waals surface area contributed by atoms with Gasteiger partial charge in [0.15, 0.2) is 16.7 Å². The van der Waals surface area contributed by atoms with Crippen LogP contribution in [0.2, 0.25) is 0 Å². The number of nitrogens with zero attached hydrogens (tertiary/aromatic N) is 3. The first-order valence-electron chi connectivity index (χ1n) is 9.92. The Labute approximate surface area is 189 Å². The summed E-state index contributed by atoms with van der Waals surface area (Å²) in [5.41, 5.74) is 13.5. The van der Waals surface area contributed by atoms with E-state index in [0.717, 1.165) is 29.1 Å². The predicted molar refractivity (Wildman–Crippen MR) is 125 cm³/mol. The van der Waals surface area contributed by atoms with Gasteiger partial charge in [0.2, 0.25) is 0 Å². The number of aromatic nitrogens is 3. The molecule has 7 nitrogen and oxygen atoms in total. The number of halogens is 1. The Hall–Kier alpha value is -2.59. The van der Waals surface area contributed by atoms with Gasteiger partial charge in [-0.2, -0.15) is 0 Å². The van der Waals surface area contributed by atoms with Crippen LogP contribution in [0.25, 0.3) is 10.6 Å². The second-order valence-corrected chi connectivity index (χ2v) is 8.71. The van der Waals surface area contributed by atoms with E-state index in [2.05, 4.69) is 16.9 Å². The number of thiazole rings is 1. The SMILES string of the molecule is CCCc1sc(-c2ccc(OC)c(OCCCF)c2)nc1CSc1nc(N)cc(N)n1. The van der Waals surface area contributed by atoms with Crippen LogP contribution in [0.1, 0.15) is 30.3 Å². The van der Waals surface area contributed by atoms with Crippen LogP contribution in [0.15, 0.2) is 29.4 Å². The lowest BCUT2D eigenvalue weighted by molar-refractivity contribution is 0.274. The van der Waals surface area contributed by atoms with E-state index >= 15 is 0 Å². The average molecular weight is 464 g/mol. The summed E-state index contributed by atoms with van der Waals surface area (Å²) in [6.45, 7) is 2.01. The summed E-state index contributed by atoms with van der Waals surface area (Å²) in [5, 5.41) is 1.42. The lowest BCUT2D eigenvalue weighted by Crippen LogP contribution is -2.00. The molecule has 0 aliphatic heterocycles. The number of hydrogen-bond donors (Lipinski definition) is 2. The zero-order chi connectivity index (χ0) is 22.2. The van der Waals surface area contributed by atoms with Gasteiger partial charge in [0.1, 0.15) is 16.6 Å². The number of nitrogens with two attached hydrogens (primary N) is 2. The number of methoxy groups -OCH3 is 1. The second-order valence-electron chi connectivity index (χ2n) is 6.68. The second kappa shape index (κ2) is 11.1. The summed E-state index contributed by atoms with van der Waals surface area (Å²) in [5.74, 6) is 2.51. The van der Waals surface area contributed by atoms with Crippen molar-refractivity contribution in [3.8, 4) is 22.1 Å². The van der Waals surface area contributed by atoms with Crippen LogP contribution in [-0.2, 0) is 12.2 Å². The first-order valence-corrected chi connectivity index (χ1v) is 11.7. The van der Waals surface area contributed by atoms with Gasteiger partial charge in [0, 0.05) is 28.7 Å². The quantitative estimate of drug-likeness (QED) is 0.238. The van der Waals surface area contributed by atoms with E-state index in [9.17, 15) is 4.39 Å². The molecule has 0 aliphatic rings. The van der Waals surface area contributed by atoms with E-state index in [1.54, 1.807) is 18.4 Å². The highest BCUT2D eigenvalue weighted by Crippen LogP contribution is 2.37. The Bertz CT molecular complexity index is 995. The summed E-state index contributed by atoms with van der Waals surface area (Å²) in [7, 11) is 1.58. The molecule has 1 aromatic carbocycles. The van der Waals surface area contributed by atoms with E-state index in [1.165, 1.54) is 22.7 Å². The van der Waals surface area contributed by atoms with Gasteiger partial charge >= 0.3 is 0 Å². The van der Waals surface area contributed by atoms with E-state index in [0.29, 0.717) is 47.1 Å². The molecule has 0 radical (unpaired) electrons. The molecule has 0 atom stereocenters. The Morgan fingerprint density at radius 3 is 2.55 bits per heavy atom. The average Bonchev–Trinajstić information content (AvgIpc) is 3.15. The maximum absolute atomic E-state index is 12.4. The van der Waals surface area contributed by atoms with Gasteiger partial charge in [-0.05, 0) is 24.6 Å². The van der Waals surface area contributed by atoms with Crippen LogP contribution in [0.5, 0.6) is 11.5 Å². The maximum Gasteiger partial charge on any atom is 0.191 e. The Kier molecular flexibility index (Phi) is 8.30. The molecular weight excluding hydrogens is 437 g/mol. The van der Waals surface area contributed by atoms with Crippen LogP contribution >= 0.6 is 23.1 Å². The number of benzene rings is 1. The molecule has 0 spiro atoms. The van der Waals surface area contributed by atoms with Crippen molar-refractivity contribution in [1.82, 2.24) is 15.0 Å². The van der Waals surface area contributed by atoms with E-state index in [4.69, 9.17) is 25.9 Å². The highest BCUT2D eigenvalue weighted by Gasteiger charge is 2.16. The molecule has 0 aliphatic carbocycles. The van der Waals surface area contributed by atoms with Crippen LogP contribution in [-0.4, -0.2) is 35.3 Å². The number of alkyl halides is 1. The third-order valence-corrected chi connectivity index (χ3v) is 6.35. The fourth-order valence-corrected chi connectivity index (χ4v) is 4.97. The minimum absolute atomic E-state index is 0.292. The number of rotatable bonds is 11. The van der Waals surface area contributed by atoms with Crippen molar-refractivity contribution in [3.63, 3.8) is 0 Å². The molecule has 4 N–H and O–H groups in total.